The monoisotopic (exact) mass is 243 g/mol. The lowest BCUT2D eigenvalue weighted by Crippen LogP contribution is -1.91. The second-order valence-corrected chi connectivity index (χ2v) is 3.83. The molecule has 0 saturated carbocycles. The van der Waals surface area contributed by atoms with Crippen molar-refractivity contribution in [1.29, 1.82) is 0 Å². The first kappa shape index (κ1) is 10.7. The first-order valence-electron chi connectivity index (χ1n) is 5.42. The van der Waals surface area contributed by atoms with Gasteiger partial charge in [0.1, 0.15) is 11.6 Å². The van der Waals surface area contributed by atoms with Crippen LogP contribution in [-0.4, -0.2) is 21.7 Å². The molecule has 0 atom stereocenters. The second kappa shape index (κ2) is 4.10. The number of hydrogen-bond donors (Lipinski definition) is 0. The molecule has 3 rings (SSSR count). The minimum atomic E-state index is -0.273. The molecule has 0 unspecified atom stereocenters. The van der Waals surface area contributed by atoms with Gasteiger partial charge < -0.3 is 4.74 Å². The number of rotatable bonds is 2. The van der Waals surface area contributed by atoms with Crippen LogP contribution < -0.4 is 4.74 Å². The zero-order chi connectivity index (χ0) is 12.5. The largest absolute Gasteiger partial charge is 0.495 e. The normalized spacial score (nSPS) is 10.8. The molecule has 3 aromatic rings. The molecule has 0 amide bonds. The zero-order valence-corrected chi connectivity index (χ0v) is 9.67. The van der Waals surface area contributed by atoms with E-state index in [0.29, 0.717) is 11.6 Å². The van der Waals surface area contributed by atoms with Crippen LogP contribution in [0.4, 0.5) is 4.39 Å². The predicted octanol–water partition coefficient (Wildman–Crippen LogP) is 2.54. The molecule has 0 aliphatic rings. The van der Waals surface area contributed by atoms with Crippen molar-refractivity contribution in [2.24, 2.45) is 0 Å². The highest BCUT2D eigenvalue weighted by Crippen LogP contribution is 2.21. The van der Waals surface area contributed by atoms with Crippen LogP contribution in [0.25, 0.3) is 17.0 Å². The quantitative estimate of drug-likeness (QED) is 0.694. The summed E-state index contributed by atoms with van der Waals surface area (Å²) in [5.74, 6) is 1.10. The lowest BCUT2D eigenvalue weighted by Gasteiger charge is -2.02. The third kappa shape index (κ3) is 1.69. The van der Waals surface area contributed by atoms with Crippen LogP contribution in [0.1, 0.15) is 0 Å². The van der Waals surface area contributed by atoms with Crippen LogP contribution in [0.2, 0.25) is 0 Å². The van der Waals surface area contributed by atoms with E-state index in [2.05, 4.69) is 10.2 Å². The number of fused-ring (bicyclic) bond motifs is 1. The topological polar surface area (TPSA) is 39.4 Å². The summed E-state index contributed by atoms with van der Waals surface area (Å²) in [6.07, 6.45) is 1.80. The van der Waals surface area contributed by atoms with E-state index in [-0.39, 0.29) is 5.82 Å². The molecule has 5 heteroatoms. The van der Waals surface area contributed by atoms with Gasteiger partial charge >= 0.3 is 0 Å². The maximum atomic E-state index is 12.9. The maximum absolute atomic E-state index is 12.9. The number of nitrogens with zero attached hydrogens (tertiary/aromatic N) is 3. The van der Waals surface area contributed by atoms with Crippen molar-refractivity contribution in [3.63, 3.8) is 0 Å². The van der Waals surface area contributed by atoms with Crippen LogP contribution in [0.15, 0.2) is 42.6 Å². The highest BCUT2D eigenvalue weighted by atomic mass is 19.1. The lowest BCUT2D eigenvalue weighted by atomic mass is 10.2. The fraction of sp³-hybridized carbons (Fsp3) is 0.0769. The Hall–Kier alpha value is -2.43. The average molecular weight is 243 g/mol. The molecule has 0 bridgehead atoms. The molecular weight excluding hydrogens is 233 g/mol. The molecule has 0 saturated heterocycles. The minimum absolute atomic E-state index is 0.273. The minimum Gasteiger partial charge on any atom is -0.495 e. The molecule has 0 radical (unpaired) electrons. The third-order valence-corrected chi connectivity index (χ3v) is 2.71. The fourth-order valence-electron chi connectivity index (χ4n) is 1.79. The molecule has 2 heterocycles. The van der Waals surface area contributed by atoms with Gasteiger partial charge in [-0.15, -0.1) is 10.2 Å². The van der Waals surface area contributed by atoms with Crippen LogP contribution in [0.5, 0.6) is 5.75 Å². The first-order valence-corrected chi connectivity index (χ1v) is 5.42. The first-order chi connectivity index (χ1) is 8.78. The van der Waals surface area contributed by atoms with Gasteiger partial charge in [0.05, 0.1) is 13.3 Å². The fourth-order valence-corrected chi connectivity index (χ4v) is 1.79. The van der Waals surface area contributed by atoms with Crippen molar-refractivity contribution >= 4 is 5.65 Å². The van der Waals surface area contributed by atoms with Crippen molar-refractivity contribution in [1.82, 2.24) is 14.6 Å². The Kier molecular flexibility index (Phi) is 2.44. The number of aromatic nitrogens is 3. The summed E-state index contributed by atoms with van der Waals surface area (Å²) < 4.78 is 19.9. The maximum Gasteiger partial charge on any atom is 0.168 e. The smallest absolute Gasteiger partial charge is 0.168 e. The van der Waals surface area contributed by atoms with Crippen molar-refractivity contribution in [3.8, 4) is 17.1 Å². The molecule has 0 N–H and O–H groups in total. The molecule has 0 aliphatic carbocycles. The number of pyridine rings is 1. The Morgan fingerprint density at radius 3 is 2.56 bits per heavy atom. The van der Waals surface area contributed by atoms with E-state index in [9.17, 15) is 4.39 Å². The van der Waals surface area contributed by atoms with Crippen LogP contribution in [0, 0.1) is 5.82 Å². The van der Waals surface area contributed by atoms with Crippen molar-refractivity contribution in [2.45, 2.75) is 0 Å². The summed E-state index contributed by atoms with van der Waals surface area (Å²) in [5.41, 5.74) is 1.52. The molecule has 4 nitrogen and oxygen atoms in total. The standard InChI is InChI=1S/C13H10FN3O/c1-18-11-6-7-12-15-16-13(17(12)8-11)9-2-4-10(14)5-3-9/h2-8H,1H3. The van der Waals surface area contributed by atoms with Crippen LogP contribution >= 0.6 is 0 Å². The predicted molar refractivity (Wildman–Crippen MR) is 64.9 cm³/mol. The van der Waals surface area contributed by atoms with Gasteiger partial charge in [0.15, 0.2) is 11.5 Å². The number of ether oxygens (including phenoxy) is 1. The van der Waals surface area contributed by atoms with Gasteiger partial charge in [-0.2, -0.15) is 0 Å². The molecule has 1 aromatic carbocycles. The summed E-state index contributed by atoms with van der Waals surface area (Å²) in [6, 6.07) is 9.78. The van der Waals surface area contributed by atoms with Gasteiger partial charge in [-0.3, -0.25) is 4.40 Å². The SMILES string of the molecule is COc1ccc2nnc(-c3ccc(F)cc3)n2c1. The summed E-state index contributed by atoms with van der Waals surface area (Å²) in [7, 11) is 1.60. The van der Waals surface area contributed by atoms with Crippen molar-refractivity contribution in [3.05, 3.63) is 48.4 Å². The molecular formula is C13H10FN3O. The van der Waals surface area contributed by atoms with Gasteiger partial charge in [-0.25, -0.2) is 4.39 Å². The summed E-state index contributed by atoms with van der Waals surface area (Å²) in [4.78, 5) is 0. The van der Waals surface area contributed by atoms with E-state index in [4.69, 9.17) is 4.74 Å². The molecule has 90 valence electrons. The van der Waals surface area contributed by atoms with Gasteiger partial charge in [-0.1, -0.05) is 0 Å². The van der Waals surface area contributed by atoms with Gasteiger partial charge in [-0.05, 0) is 36.4 Å². The van der Waals surface area contributed by atoms with Gasteiger partial charge in [0.2, 0.25) is 0 Å². The van der Waals surface area contributed by atoms with Crippen molar-refractivity contribution in [2.75, 3.05) is 7.11 Å². The summed E-state index contributed by atoms with van der Waals surface area (Å²) in [6.45, 7) is 0. The number of halogens is 1. The zero-order valence-electron chi connectivity index (χ0n) is 9.67. The van der Waals surface area contributed by atoms with Crippen molar-refractivity contribution < 1.29 is 9.13 Å². The summed E-state index contributed by atoms with van der Waals surface area (Å²) >= 11 is 0. The van der Waals surface area contributed by atoms with Crippen LogP contribution in [-0.2, 0) is 0 Å². The van der Waals surface area contributed by atoms with Crippen LogP contribution in [0.3, 0.4) is 0 Å². The van der Waals surface area contributed by atoms with E-state index in [1.165, 1.54) is 12.1 Å². The highest BCUT2D eigenvalue weighted by molar-refractivity contribution is 5.59. The molecule has 0 fully saturated rings. The van der Waals surface area contributed by atoms with E-state index in [1.54, 1.807) is 25.4 Å². The van der Waals surface area contributed by atoms with E-state index < -0.39 is 0 Å². The number of benzene rings is 1. The number of methoxy groups -OCH3 is 1. The van der Waals surface area contributed by atoms with E-state index in [1.807, 2.05) is 16.5 Å². The van der Waals surface area contributed by atoms with Gasteiger partial charge in [0.25, 0.3) is 0 Å². The summed E-state index contributed by atoms with van der Waals surface area (Å²) in [5, 5.41) is 8.16. The second-order valence-electron chi connectivity index (χ2n) is 3.83. The Morgan fingerprint density at radius 1 is 1.06 bits per heavy atom. The lowest BCUT2D eigenvalue weighted by molar-refractivity contribution is 0.412. The van der Waals surface area contributed by atoms with E-state index >= 15 is 0 Å². The van der Waals surface area contributed by atoms with Gasteiger partial charge in [0, 0.05) is 5.56 Å². The molecule has 0 aliphatic heterocycles. The average Bonchev–Trinajstić information content (AvgIpc) is 2.82. The number of hydrogen-bond acceptors (Lipinski definition) is 3. The molecule has 18 heavy (non-hydrogen) atoms. The Labute approximate surface area is 103 Å². The Balaban J connectivity index is 2.19. The molecule has 2 aromatic heterocycles. The third-order valence-electron chi connectivity index (χ3n) is 2.71. The van der Waals surface area contributed by atoms with E-state index in [0.717, 1.165) is 11.2 Å². The highest BCUT2D eigenvalue weighted by Gasteiger charge is 2.08. The Morgan fingerprint density at radius 2 is 1.83 bits per heavy atom. The Bertz CT molecular complexity index is 691. The molecule has 0 spiro atoms.